The maximum Gasteiger partial charge on any atom is 0.264 e. The van der Waals surface area contributed by atoms with Crippen molar-refractivity contribution < 1.29 is 4.57 Å². The van der Waals surface area contributed by atoms with E-state index in [9.17, 15) is 0 Å². The maximum atomic E-state index is 2.44. The number of rotatable bonds is 3. The Labute approximate surface area is 235 Å². The fourth-order valence-corrected chi connectivity index (χ4v) is 6.60. The van der Waals surface area contributed by atoms with Crippen molar-refractivity contribution in [2.75, 3.05) is 0 Å². The van der Waals surface area contributed by atoms with Crippen molar-refractivity contribution in [1.82, 2.24) is 9.13 Å². The number of para-hydroxylation sites is 5. The minimum Gasteiger partial charge on any atom is -0.305 e. The molecule has 0 fully saturated rings. The van der Waals surface area contributed by atoms with Crippen LogP contribution in [-0.4, -0.2) is 9.13 Å². The molecule has 3 heteroatoms. The van der Waals surface area contributed by atoms with Gasteiger partial charge in [0.05, 0.1) is 5.52 Å². The second-order valence-corrected chi connectivity index (χ2v) is 11.8. The van der Waals surface area contributed by atoms with Crippen molar-refractivity contribution >= 4 is 32.8 Å². The quantitative estimate of drug-likeness (QED) is 0.207. The van der Waals surface area contributed by atoms with E-state index in [0.29, 0.717) is 0 Å². The van der Waals surface area contributed by atoms with Gasteiger partial charge in [0.2, 0.25) is 0 Å². The summed E-state index contributed by atoms with van der Waals surface area (Å²) in [5, 5.41) is 2.52. The van der Waals surface area contributed by atoms with E-state index in [1.807, 2.05) is 0 Å². The van der Waals surface area contributed by atoms with Gasteiger partial charge in [-0.2, -0.15) is 9.13 Å². The van der Waals surface area contributed by atoms with Gasteiger partial charge < -0.3 is 4.57 Å². The normalized spacial score (nSPS) is 12.1. The molecule has 0 aliphatic carbocycles. The molecule has 0 spiro atoms. The topological polar surface area (TPSA) is 13.7 Å². The Morgan fingerprint density at radius 2 is 1.23 bits per heavy atom. The summed E-state index contributed by atoms with van der Waals surface area (Å²) in [7, 11) is 0. The number of imidazole rings is 1. The van der Waals surface area contributed by atoms with Gasteiger partial charge in [0.15, 0.2) is 16.7 Å². The van der Waals surface area contributed by atoms with E-state index in [-0.39, 0.29) is 5.41 Å². The van der Waals surface area contributed by atoms with Crippen LogP contribution < -0.4 is 4.57 Å². The lowest BCUT2D eigenvalue weighted by Crippen LogP contribution is -2.35. The van der Waals surface area contributed by atoms with E-state index in [4.69, 9.17) is 0 Å². The molecule has 0 aliphatic rings. The molecule has 0 saturated heterocycles. The molecule has 0 N–H and O–H groups in total. The third-order valence-corrected chi connectivity index (χ3v) is 8.29. The zero-order valence-electron chi connectivity index (χ0n) is 23.8. The van der Waals surface area contributed by atoms with Crippen LogP contribution in [-0.2, 0) is 5.41 Å². The zero-order valence-corrected chi connectivity index (χ0v) is 23.8. The third kappa shape index (κ3) is 3.54. The third-order valence-electron chi connectivity index (χ3n) is 8.29. The van der Waals surface area contributed by atoms with Gasteiger partial charge in [-0.1, -0.05) is 93.6 Å². The van der Waals surface area contributed by atoms with Gasteiger partial charge in [-0.25, -0.2) is 0 Å². The Morgan fingerprint density at radius 3 is 2.00 bits per heavy atom. The molecular weight excluding hydrogens is 486 g/mol. The molecular formula is C37H34N3+. The van der Waals surface area contributed by atoms with Crippen LogP contribution in [0.5, 0.6) is 0 Å². The monoisotopic (exact) mass is 520 g/mol. The van der Waals surface area contributed by atoms with Crippen molar-refractivity contribution in [2.24, 2.45) is 0 Å². The molecule has 7 aromatic rings. The van der Waals surface area contributed by atoms with Gasteiger partial charge >= 0.3 is 0 Å². The SMILES string of the molecule is Cc1c(-[n+]2c(C)n(-c3cccc4c5ccccc5n(-c5ccccc5)c34)c3ccccc32)cccc1C(C)(C)C. The van der Waals surface area contributed by atoms with E-state index in [1.165, 1.54) is 61.2 Å². The molecule has 7 rings (SSSR count). The van der Waals surface area contributed by atoms with Gasteiger partial charge in [-0.05, 0) is 65.9 Å². The van der Waals surface area contributed by atoms with Crippen molar-refractivity contribution in [3.8, 4) is 17.1 Å². The predicted octanol–water partition coefficient (Wildman–Crippen LogP) is 8.92. The summed E-state index contributed by atoms with van der Waals surface area (Å²) in [6.07, 6.45) is 0. The van der Waals surface area contributed by atoms with E-state index in [1.54, 1.807) is 0 Å². The second-order valence-electron chi connectivity index (χ2n) is 11.8. The molecule has 0 saturated carbocycles. The highest BCUT2D eigenvalue weighted by Gasteiger charge is 2.29. The van der Waals surface area contributed by atoms with E-state index >= 15 is 0 Å². The first-order chi connectivity index (χ1) is 19.4. The highest BCUT2D eigenvalue weighted by molar-refractivity contribution is 6.12. The lowest BCUT2D eigenvalue weighted by molar-refractivity contribution is -0.575. The summed E-state index contributed by atoms with van der Waals surface area (Å²) in [6.45, 7) is 11.4. The van der Waals surface area contributed by atoms with Crippen LogP contribution in [0.4, 0.5) is 0 Å². The van der Waals surface area contributed by atoms with E-state index in [0.717, 1.165) is 5.69 Å². The number of benzene rings is 5. The number of aromatic nitrogens is 3. The minimum absolute atomic E-state index is 0.0646. The molecule has 196 valence electrons. The van der Waals surface area contributed by atoms with Crippen LogP contribution >= 0.6 is 0 Å². The molecule has 0 bridgehead atoms. The first-order valence-corrected chi connectivity index (χ1v) is 14.1. The van der Waals surface area contributed by atoms with Gasteiger partial charge in [-0.15, -0.1) is 0 Å². The van der Waals surface area contributed by atoms with Crippen molar-refractivity contribution in [3.05, 3.63) is 132 Å². The zero-order chi connectivity index (χ0) is 27.6. The minimum atomic E-state index is 0.0646. The second kappa shape index (κ2) is 8.96. The summed E-state index contributed by atoms with van der Waals surface area (Å²) in [6, 6.07) is 41.7. The molecule has 0 radical (unpaired) electrons. The number of hydrogen-bond acceptors (Lipinski definition) is 0. The predicted molar refractivity (Wildman–Crippen MR) is 167 cm³/mol. The lowest BCUT2D eigenvalue weighted by Gasteiger charge is -2.22. The van der Waals surface area contributed by atoms with Crippen LogP contribution in [0.3, 0.4) is 0 Å². The smallest absolute Gasteiger partial charge is 0.264 e. The highest BCUT2D eigenvalue weighted by atomic mass is 15.2. The van der Waals surface area contributed by atoms with Crippen LogP contribution in [0.15, 0.2) is 115 Å². The van der Waals surface area contributed by atoms with Crippen molar-refractivity contribution in [3.63, 3.8) is 0 Å². The Morgan fingerprint density at radius 1 is 0.575 bits per heavy atom. The van der Waals surface area contributed by atoms with Crippen molar-refractivity contribution in [1.29, 1.82) is 0 Å². The van der Waals surface area contributed by atoms with Crippen LogP contribution in [0.1, 0.15) is 37.7 Å². The highest BCUT2D eigenvalue weighted by Crippen LogP contribution is 2.37. The molecule has 0 unspecified atom stereocenters. The fourth-order valence-electron chi connectivity index (χ4n) is 6.60. The average molecular weight is 521 g/mol. The van der Waals surface area contributed by atoms with Crippen LogP contribution in [0.2, 0.25) is 0 Å². The maximum absolute atomic E-state index is 2.44. The Balaban J connectivity index is 1.62. The molecule has 0 atom stereocenters. The lowest BCUT2D eigenvalue weighted by atomic mass is 9.83. The molecule has 0 aliphatic heterocycles. The van der Waals surface area contributed by atoms with Crippen molar-refractivity contribution in [2.45, 2.75) is 40.0 Å². The average Bonchev–Trinajstić information content (AvgIpc) is 3.45. The molecule has 2 heterocycles. The standard InChI is InChI=1S/C37H34N3/c1-25-30(37(3,4)5)19-14-23-31(25)38-26(2)39(34-22-12-11-21-33(34)38)35-24-13-18-29-28-17-9-10-20-32(28)40(36(29)35)27-15-7-6-8-16-27/h6-24H,1-5H3/q+1. The Hall–Kier alpha value is -4.63. The summed E-state index contributed by atoms with van der Waals surface area (Å²) in [5.74, 6) is 1.17. The first-order valence-electron chi connectivity index (χ1n) is 14.1. The van der Waals surface area contributed by atoms with E-state index in [2.05, 4.69) is 164 Å². The Bertz CT molecular complexity index is 2050. The van der Waals surface area contributed by atoms with Gasteiger partial charge in [0.1, 0.15) is 11.2 Å². The van der Waals surface area contributed by atoms with Crippen LogP contribution in [0, 0.1) is 13.8 Å². The first kappa shape index (κ1) is 24.4. The summed E-state index contributed by atoms with van der Waals surface area (Å²) in [5.41, 5.74) is 11.2. The van der Waals surface area contributed by atoms with Gasteiger partial charge in [-0.3, -0.25) is 0 Å². The van der Waals surface area contributed by atoms with Crippen LogP contribution in [0.25, 0.3) is 49.9 Å². The fraction of sp³-hybridized carbons (Fsp3) is 0.162. The summed E-state index contributed by atoms with van der Waals surface area (Å²) in [4.78, 5) is 0. The largest absolute Gasteiger partial charge is 0.305 e. The Kier molecular flexibility index (Phi) is 5.47. The summed E-state index contributed by atoms with van der Waals surface area (Å²) < 4.78 is 7.30. The van der Waals surface area contributed by atoms with E-state index < -0.39 is 0 Å². The molecule has 5 aromatic carbocycles. The molecule has 2 aromatic heterocycles. The molecule has 3 nitrogen and oxygen atoms in total. The van der Waals surface area contributed by atoms with Gasteiger partial charge in [0, 0.05) is 23.4 Å². The number of nitrogens with zero attached hydrogens (tertiary/aromatic N) is 3. The number of hydrogen-bond donors (Lipinski definition) is 0. The molecule has 40 heavy (non-hydrogen) atoms. The van der Waals surface area contributed by atoms with Gasteiger partial charge in [0.25, 0.3) is 5.82 Å². The molecule has 0 amide bonds. The summed E-state index contributed by atoms with van der Waals surface area (Å²) >= 11 is 0. The number of fused-ring (bicyclic) bond motifs is 4.